The molecule has 0 N–H and O–H groups in total. The lowest BCUT2D eigenvalue weighted by molar-refractivity contribution is -0.130. The quantitative estimate of drug-likeness (QED) is 0.512. The molecule has 29 heavy (non-hydrogen) atoms. The topological polar surface area (TPSA) is 59.7 Å². The zero-order chi connectivity index (χ0) is 20.6. The molecule has 0 aliphatic heterocycles. The molecule has 154 valence electrons. The first-order valence-corrected chi connectivity index (χ1v) is 10.4. The Morgan fingerprint density at radius 2 is 1.72 bits per heavy atom. The summed E-state index contributed by atoms with van der Waals surface area (Å²) < 4.78 is 7.04. The number of benzene rings is 1. The molecule has 6 nitrogen and oxygen atoms in total. The maximum Gasteiger partial charge on any atom is 0.231 e. The molecule has 6 heteroatoms. The molecule has 0 unspecified atom stereocenters. The second-order valence-corrected chi connectivity index (χ2v) is 7.18. The third-order valence-electron chi connectivity index (χ3n) is 5.04. The molecule has 0 bridgehead atoms. The fourth-order valence-corrected chi connectivity index (χ4v) is 3.37. The Hall–Kier alpha value is -2.89. The van der Waals surface area contributed by atoms with Gasteiger partial charge in [0.2, 0.25) is 11.8 Å². The van der Waals surface area contributed by atoms with Crippen molar-refractivity contribution >= 4 is 11.6 Å². The fourth-order valence-electron chi connectivity index (χ4n) is 3.37. The summed E-state index contributed by atoms with van der Waals surface area (Å²) in [6, 6.07) is 13.6. The highest BCUT2D eigenvalue weighted by Gasteiger charge is 2.21. The van der Waals surface area contributed by atoms with E-state index < -0.39 is 0 Å². The normalized spacial score (nSPS) is 11.0. The van der Waals surface area contributed by atoms with Gasteiger partial charge in [-0.3, -0.25) is 4.79 Å². The van der Waals surface area contributed by atoms with Crippen LogP contribution < -0.4 is 4.74 Å². The molecule has 0 fully saturated rings. The molecular formula is C23H30N4O2. The van der Waals surface area contributed by atoms with Crippen molar-refractivity contribution in [2.24, 2.45) is 0 Å². The van der Waals surface area contributed by atoms with Gasteiger partial charge in [-0.15, -0.1) is 5.10 Å². The molecule has 3 aromatic rings. The van der Waals surface area contributed by atoms with Crippen LogP contribution in [0.2, 0.25) is 0 Å². The van der Waals surface area contributed by atoms with Gasteiger partial charge >= 0.3 is 0 Å². The first kappa shape index (κ1) is 20.8. The van der Waals surface area contributed by atoms with Gasteiger partial charge < -0.3 is 9.64 Å². The largest absolute Gasteiger partial charge is 0.480 e. The molecule has 0 aliphatic rings. The maximum absolute atomic E-state index is 13.2. The molecule has 3 rings (SSSR count). The van der Waals surface area contributed by atoms with Gasteiger partial charge in [-0.2, -0.15) is 0 Å². The Morgan fingerprint density at radius 1 is 1.03 bits per heavy atom. The summed E-state index contributed by atoms with van der Waals surface area (Å²) in [5.41, 5.74) is 3.29. The van der Waals surface area contributed by atoms with Gasteiger partial charge in [-0.05, 0) is 18.9 Å². The highest BCUT2D eigenvalue weighted by Crippen LogP contribution is 2.25. The van der Waals surface area contributed by atoms with Gasteiger partial charge in [0.05, 0.1) is 24.9 Å². The van der Waals surface area contributed by atoms with Crippen LogP contribution in [0.15, 0.2) is 42.5 Å². The first-order chi connectivity index (χ1) is 14.2. The number of nitrogens with zero attached hydrogens (tertiary/aromatic N) is 4. The van der Waals surface area contributed by atoms with Crippen LogP contribution in [0.1, 0.15) is 45.2 Å². The monoisotopic (exact) mass is 394 g/mol. The average molecular weight is 395 g/mol. The summed E-state index contributed by atoms with van der Waals surface area (Å²) in [5.74, 6) is 0.618. The van der Waals surface area contributed by atoms with Crippen LogP contribution in [0.4, 0.5) is 0 Å². The third kappa shape index (κ3) is 4.94. The minimum absolute atomic E-state index is 0.121. The summed E-state index contributed by atoms with van der Waals surface area (Å²) in [7, 11) is 1.59. The number of fused-ring (bicyclic) bond motifs is 1. The van der Waals surface area contributed by atoms with Crippen molar-refractivity contribution in [3.05, 3.63) is 48.2 Å². The van der Waals surface area contributed by atoms with Crippen LogP contribution in [-0.4, -0.2) is 45.6 Å². The number of carbonyl (C=O) groups excluding carboxylic acids is 1. The van der Waals surface area contributed by atoms with Crippen LogP contribution in [0.5, 0.6) is 5.88 Å². The molecule has 1 aromatic carbocycles. The Morgan fingerprint density at radius 3 is 2.34 bits per heavy atom. The van der Waals surface area contributed by atoms with Gasteiger partial charge in [0.1, 0.15) is 0 Å². The van der Waals surface area contributed by atoms with Crippen LogP contribution in [0, 0.1) is 0 Å². The van der Waals surface area contributed by atoms with E-state index in [1.807, 2.05) is 41.3 Å². The van der Waals surface area contributed by atoms with Crippen molar-refractivity contribution in [1.82, 2.24) is 19.5 Å². The van der Waals surface area contributed by atoms with E-state index in [-0.39, 0.29) is 12.3 Å². The van der Waals surface area contributed by atoms with E-state index in [2.05, 4.69) is 18.9 Å². The minimum Gasteiger partial charge on any atom is -0.480 e. The van der Waals surface area contributed by atoms with Crippen molar-refractivity contribution in [2.75, 3.05) is 20.2 Å². The second kappa shape index (κ2) is 10.0. The van der Waals surface area contributed by atoms with Gasteiger partial charge in [0, 0.05) is 24.7 Å². The average Bonchev–Trinajstić information content (AvgIpc) is 3.11. The number of aromatic nitrogens is 3. The Balaban J connectivity index is 2.00. The van der Waals surface area contributed by atoms with Crippen LogP contribution in [0.25, 0.3) is 16.9 Å². The molecule has 2 heterocycles. The third-order valence-corrected chi connectivity index (χ3v) is 5.04. The standard InChI is InChI=1S/C23H30N4O2/c1-4-6-15-26(16-7-5-2)22(28)17-19-23(18-11-9-8-10-12-18)24-20-13-14-21(29-3)25-27(19)20/h8-14H,4-7,15-17H2,1-3H3. The molecule has 0 radical (unpaired) electrons. The van der Waals surface area contributed by atoms with E-state index >= 15 is 0 Å². The number of carbonyl (C=O) groups is 1. The van der Waals surface area contributed by atoms with Crippen molar-refractivity contribution in [1.29, 1.82) is 0 Å². The number of methoxy groups -OCH3 is 1. The van der Waals surface area contributed by atoms with E-state index in [0.29, 0.717) is 11.5 Å². The van der Waals surface area contributed by atoms with Crippen LogP contribution >= 0.6 is 0 Å². The number of imidazole rings is 1. The first-order valence-electron chi connectivity index (χ1n) is 10.4. The molecule has 0 saturated heterocycles. The molecule has 1 amide bonds. The molecular weight excluding hydrogens is 364 g/mol. The smallest absolute Gasteiger partial charge is 0.231 e. The van der Waals surface area contributed by atoms with Crippen molar-refractivity contribution in [2.45, 2.75) is 46.0 Å². The van der Waals surface area contributed by atoms with Gasteiger partial charge in [-0.1, -0.05) is 57.0 Å². The predicted octanol–water partition coefficient (Wildman–Crippen LogP) is 4.38. The second-order valence-electron chi connectivity index (χ2n) is 7.18. The number of hydrogen-bond acceptors (Lipinski definition) is 4. The Kier molecular flexibility index (Phi) is 7.22. The minimum atomic E-state index is 0.121. The highest BCUT2D eigenvalue weighted by molar-refractivity contribution is 5.81. The van der Waals surface area contributed by atoms with E-state index in [1.165, 1.54) is 0 Å². The van der Waals surface area contributed by atoms with E-state index in [0.717, 1.165) is 55.7 Å². The summed E-state index contributed by atoms with van der Waals surface area (Å²) >= 11 is 0. The predicted molar refractivity (Wildman–Crippen MR) is 115 cm³/mol. The lowest BCUT2D eigenvalue weighted by atomic mass is 10.1. The molecule has 0 spiro atoms. The van der Waals surface area contributed by atoms with E-state index in [1.54, 1.807) is 17.7 Å². The lowest BCUT2D eigenvalue weighted by Crippen LogP contribution is -2.34. The van der Waals surface area contributed by atoms with E-state index in [4.69, 9.17) is 9.72 Å². The number of unbranched alkanes of at least 4 members (excludes halogenated alkanes) is 2. The van der Waals surface area contributed by atoms with Crippen molar-refractivity contribution in [3.63, 3.8) is 0 Å². The highest BCUT2D eigenvalue weighted by atomic mass is 16.5. The van der Waals surface area contributed by atoms with E-state index in [9.17, 15) is 4.79 Å². The summed E-state index contributed by atoms with van der Waals surface area (Å²) in [6.45, 7) is 5.89. The summed E-state index contributed by atoms with van der Waals surface area (Å²) in [5, 5.41) is 4.54. The Bertz CT molecular complexity index is 929. The fraction of sp³-hybridized carbons (Fsp3) is 0.435. The number of ether oxygens (including phenoxy) is 1. The van der Waals surface area contributed by atoms with Gasteiger partial charge in [-0.25, -0.2) is 9.50 Å². The molecule has 0 aliphatic carbocycles. The van der Waals surface area contributed by atoms with Crippen molar-refractivity contribution < 1.29 is 9.53 Å². The van der Waals surface area contributed by atoms with Crippen LogP contribution in [0.3, 0.4) is 0 Å². The summed E-state index contributed by atoms with van der Waals surface area (Å²) in [4.78, 5) is 20.0. The number of amides is 1. The lowest BCUT2D eigenvalue weighted by Gasteiger charge is -2.22. The zero-order valence-corrected chi connectivity index (χ0v) is 17.6. The van der Waals surface area contributed by atoms with Gasteiger partial charge in [0.25, 0.3) is 0 Å². The number of rotatable bonds is 10. The molecule has 0 atom stereocenters. The van der Waals surface area contributed by atoms with Crippen molar-refractivity contribution in [3.8, 4) is 17.1 Å². The van der Waals surface area contributed by atoms with Gasteiger partial charge in [0.15, 0.2) is 5.65 Å². The zero-order valence-electron chi connectivity index (χ0n) is 17.6. The summed E-state index contributed by atoms with van der Waals surface area (Å²) in [6.07, 6.45) is 4.43. The maximum atomic E-state index is 13.2. The van der Waals surface area contributed by atoms with Crippen LogP contribution in [-0.2, 0) is 11.2 Å². The molecule has 0 saturated carbocycles. The SMILES string of the molecule is CCCCN(CCCC)C(=O)Cc1c(-c2ccccc2)nc2ccc(OC)nn12. The Labute approximate surface area is 172 Å². The molecule has 2 aromatic heterocycles. The number of hydrogen-bond donors (Lipinski definition) is 0.